The largest absolute Gasteiger partial charge is 0.497 e. The van der Waals surface area contributed by atoms with Gasteiger partial charge in [0.25, 0.3) is 11.8 Å². The zero-order chi connectivity index (χ0) is 23.6. The number of benzene rings is 3. The van der Waals surface area contributed by atoms with Gasteiger partial charge >= 0.3 is 0 Å². The van der Waals surface area contributed by atoms with Crippen LogP contribution in [0.25, 0.3) is 0 Å². The average molecular weight is 450 g/mol. The summed E-state index contributed by atoms with van der Waals surface area (Å²) in [6.07, 6.45) is 0. The van der Waals surface area contributed by atoms with Crippen molar-refractivity contribution in [2.45, 2.75) is 6.54 Å². The van der Waals surface area contributed by atoms with E-state index >= 15 is 0 Å². The first-order chi connectivity index (χ1) is 16.0. The molecule has 0 saturated heterocycles. The molecule has 0 atom stereocenters. The molecule has 0 spiro atoms. The maximum absolute atomic E-state index is 12.5. The van der Waals surface area contributed by atoms with Crippen LogP contribution in [-0.4, -0.2) is 39.8 Å². The number of hydrogen-bond donors (Lipinski definition) is 2. The van der Waals surface area contributed by atoms with Crippen molar-refractivity contribution in [1.29, 1.82) is 0 Å². The highest BCUT2D eigenvalue weighted by atomic mass is 16.5. The lowest BCUT2D eigenvalue weighted by molar-refractivity contribution is -0.123. The number of carbonyl (C=O) groups is 2. The highest BCUT2D eigenvalue weighted by molar-refractivity contribution is 6.04. The fraction of sp³-hybridized carbons (Fsp3) is 0.200. The van der Waals surface area contributed by atoms with Crippen molar-refractivity contribution >= 4 is 17.5 Å². The zero-order valence-corrected chi connectivity index (χ0v) is 18.7. The maximum atomic E-state index is 12.5. The summed E-state index contributed by atoms with van der Waals surface area (Å²) in [5.41, 5.74) is 1.97. The van der Waals surface area contributed by atoms with Crippen molar-refractivity contribution in [2.24, 2.45) is 0 Å². The molecule has 8 nitrogen and oxygen atoms in total. The molecule has 3 aromatic carbocycles. The average Bonchev–Trinajstić information content (AvgIpc) is 2.86. The number of carbonyl (C=O) groups excluding carboxylic acids is 2. The highest BCUT2D eigenvalue weighted by Gasteiger charge is 2.10. The lowest BCUT2D eigenvalue weighted by Crippen LogP contribution is -2.28. The van der Waals surface area contributed by atoms with Crippen molar-refractivity contribution in [1.82, 2.24) is 5.32 Å². The van der Waals surface area contributed by atoms with Crippen LogP contribution in [0, 0.1) is 0 Å². The number of hydrogen-bond acceptors (Lipinski definition) is 6. The number of anilines is 1. The monoisotopic (exact) mass is 450 g/mol. The fourth-order valence-corrected chi connectivity index (χ4v) is 2.96. The summed E-state index contributed by atoms with van der Waals surface area (Å²) in [6, 6.07) is 19.1. The Labute approximate surface area is 192 Å². The minimum absolute atomic E-state index is 0.132. The van der Waals surface area contributed by atoms with E-state index in [4.69, 9.17) is 18.9 Å². The van der Waals surface area contributed by atoms with Crippen LogP contribution in [-0.2, 0) is 11.3 Å². The summed E-state index contributed by atoms with van der Waals surface area (Å²) in [7, 11) is 4.68. The molecule has 8 heteroatoms. The van der Waals surface area contributed by atoms with E-state index in [2.05, 4.69) is 10.6 Å². The number of methoxy groups -OCH3 is 3. The first-order valence-corrected chi connectivity index (χ1v) is 10.2. The Bertz CT molecular complexity index is 1080. The summed E-state index contributed by atoms with van der Waals surface area (Å²) in [6.45, 7) is 0.259. The molecule has 3 aromatic rings. The van der Waals surface area contributed by atoms with Crippen LogP contribution in [0.5, 0.6) is 23.0 Å². The Morgan fingerprint density at radius 3 is 2.06 bits per heavy atom. The molecule has 0 aromatic heterocycles. The number of rotatable bonds is 10. The molecule has 0 heterocycles. The second-order valence-corrected chi connectivity index (χ2v) is 6.96. The van der Waals surface area contributed by atoms with E-state index in [-0.39, 0.29) is 18.4 Å². The Kier molecular flexibility index (Phi) is 8.13. The van der Waals surface area contributed by atoms with Gasteiger partial charge in [-0.25, -0.2) is 0 Å². The van der Waals surface area contributed by atoms with E-state index in [1.807, 2.05) is 24.3 Å². The molecule has 0 bridgehead atoms. The van der Waals surface area contributed by atoms with Gasteiger partial charge < -0.3 is 29.6 Å². The molecule has 0 radical (unpaired) electrons. The maximum Gasteiger partial charge on any atom is 0.258 e. The summed E-state index contributed by atoms with van der Waals surface area (Å²) in [4.78, 5) is 24.6. The molecule has 2 amide bonds. The molecular weight excluding hydrogens is 424 g/mol. The lowest BCUT2D eigenvalue weighted by Gasteiger charge is -2.11. The van der Waals surface area contributed by atoms with E-state index in [0.717, 1.165) is 11.3 Å². The molecule has 0 unspecified atom stereocenters. The minimum atomic E-state index is -0.286. The predicted octanol–water partition coefficient (Wildman–Crippen LogP) is 3.66. The summed E-state index contributed by atoms with van der Waals surface area (Å²) >= 11 is 0. The van der Waals surface area contributed by atoms with Crippen LogP contribution in [0.3, 0.4) is 0 Å². The Morgan fingerprint density at radius 1 is 0.758 bits per heavy atom. The molecule has 0 saturated carbocycles. The third kappa shape index (κ3) is 6.64. The normalized spacial score (nSPS) is 10.2. The summed E-state index contributed by atoms with van der Waals surface area (Å²) in [5, 5.41) is 5.60. The fourth-order valence-electron chi connectivity index (χ4n) is 2.96. The quantitative estimate of drug-likeness (QED) is 0.490. The van der Waals surface area contributed by atoms with E-state index in [9.17, 15) is 9.59 Å². The Balaban J connectivity index is 1.48. The third-order valence-corrected chi connectivity index (χ3v) is 4.78. The zero-order valence-electron chi connectivity index (χ0n) is 18.7. The van der Waals surface area contributed by atoms with Gasteiger partial charge in [0.2, 0.25) is 0 Å². The van der Waals surface area contributed by atoms with Gasteiger partial charge in [-0.2, -0.15) is 0 Å². The van der Waals surface area contributed by atoms with Gasteiger partial charge in [-0.3, -0.25) is 9.59 Å². The molecule has 0 fully saturated rings. The van der Waals surface area contributed by atoms with Gasteiger partial charge in [0.1, 0.15) is 11.5 Å². The summed E-state index contributed by atoms with van der Waals surface area (Å²) < 4.78 is 21.1. The molecule has 0 aliphatic heterocycles. The van der Waals surface area contributed by atoms with E-state index in [1.165, 1.54) is 7.11 Å². The molecule has 0 aliphatic carbocycles. The highest BCUT2D eigenvalue weighted by Crippen LogP contribution is 2.30. The van der Waals surface area contributed by atoms with Crippen LogP contribution in [0.1, 0.15) is 15.9 Å². The van der Waals surface area contributed by atoms with E-state index in [0.29, 0.717) is 35.0 Å². The smallest absolute Gasteiger partial charge is 0.258 e. The number of nitrogens with one attached hydrogen (secondary N) is 2. The second-order valence-electron chi connectivity index (χ2n) is 6.96. The van der Waals surface area contributed by atoms with Crippen molar-refractivity contribution < 1.29 is 28.5 Å². The van der Waals surface area contributed by atoms with Gasteiger partial charge in [0.05, 0.1) is 21.3 Å². The lowest BCUT2D eigenvalue weighted by atomic mass is 10.2. The molecule has 2 N–H and O–H groups in total. The summed E-state index contributed by atoms with van der Waals surface area (Å²) in [5.74, 6) is 1.80. The number of ether oxygens (including phenoxy) is 4. The van der Waals surface area contributed by atoms with Crippen LogP contribution in [0.15, 0.2) is 66.7 Å². The first-order valence-electron chi connectivity index (χ1n) is 10.2. The van der Waals surface area contributed by atoms with Gasteiger partial charge in [0, 0.05) is 23.9 Å². The Hall–Kier alpha value is -4.20. The van der Waals surface area contributed by atoms with Gasteiger partial charge in [-0.05, 0) is 54.1 Å². The van der Waals surface area contributed by atoms with E-state index < -0.39 is 0 Å². The van der Waals surface area contributed by atoms with Crippen LogP contribution >= 0.6 is 0 Å². The third-order valence-electron chi connectivity index (χ3n) is 4.78. The van der Waals surface area contributed by atoms with Crippen molar-refractivity contribution in [3.8, 4) is 23.0 Å². The van der Waals surface area contributed by atoms with Crippen LogP contribution < -0.4 is 29.6 Å². The molecule has 172 valence electrons. The molecule has 3 rings (SSSR count). The number of amides is 2. The molecular formula is C25H26N2O6. The predicted molar refractivity (Wildman–Crippen MR) is 124 cm³/mol. The van der Waals surface area contributed by atoms with Crippen LogP contribution in [0.4, 0.5) is 5.69 Å². The molecule has 0 aliphatic rings. The van der Waals surface area contributed by atoms with Crippen molar-refractivity contribution in [3.63, 3.8) is 0 Å². The van der Waals surface area contributed by atoms with Crippen molar-refractivity contribution in [2.75, 3.05) is 33.3 Å². The Morgan fingerprint density at radius 2 is 1.42 bits per heavy atom. The van der Waals surface area contributed by atoms with Crippen molar-refractivity contribution in [3.05, 3.63) is 77.9 Å². The minimum Gasteiger partial charge on any atom is -0.497 e. The standard InChI is InChI=1S/C25H26N2O6/c1-30-20-9-4-17(5-10-20)15-26-24(28)16-33-21-11-6-18(7-12-21)25(29)27-19-8-13-22(31-2)23(14-19)32-3/h4-14H,15-16H2,1-3H3,(H,26,28)(H,27,29). The topological polar surface area (TPSA) is 95.1 Å². The van der Waals surface area contributed by atoms with Gasteiger partial charge in [0.15, 0.2) is 18.1 Å². The SMILES string of the molecule is COc1ccc(CNC(=O)COc2ccc(C(=O)Nc3ccc(OC)c(OC)c3)cc2)cc1. The van der Waals surface area contributed by atoms with E-state index in [1.54, 1.807) is 56.7 Å². The second kappa shape index (κ2) is 11.4. The van der Waals surface area contributed by atoms with Gasteiger partial charge in [-0.1, -0.05) is 12.1 Å². The molecule has 33 heavy (non-hydrogen) atoms. The van der Waals surface area contributed by atoms with Gasteiger partial charge in [-0.15, -0.1) is 0 Å². The first kappa shape index (κ1) is 23.5. The van der Waals surface area contributed by atoms with Crippen LogP contribution in [0.2, 0.25) is 0 Å².